The van der Waals surface area contributed by atoms with E-state index in [1.165, 1.54) is 12.4 Å². The summed E-state index contributed by atoms with van der Waals surface area (Å²) in [5.41, 5.74) is 0.305. The lowest BCUT2D eigenvalue weighted by molar-refractivity contribution is -0.120. The molecule has 1 saturated carbocycles. The number of amides is 1. The molecule has 1 atom stereocenters. The molecule has 0 saturated heterocycles. The second kappa shape index (κ2) is 10.4. The fourth-order valence-electron chi connectivity index (χ4n) is 3.04. The molecule has 1 unspecified atom stereocenters. The lowest BCUT2D eigenvalue weighted by Gasteiger charge is -2.39. The fourth-order valence-corrected chi connectivity index (χ4v) is 3.24. The molecule has 1 fully saturated rings. The molecule has 28 heavy (non-hydrogen) atoms. The zero-order chi connectivity index (χ0) is 21.4. The van der Waals surface area contributed by atoms with Crippen LogP contribution in [0, 0.1) is 5.41 Å². The summed E-state index contributed by atoms with van der Waals surface area (Å²) in [4.78, 5) is 31.7. The number of anilines is 1. The molecule has 1 aliphatic rings. The third kappa shape index (κ3) is 5.89. The number of rotatable bonds is 6. The number of carbonyl (C=O) groups is 2. The van der Waals surface area contributed by atoms with Crippen molar-refractivity contribution in [1.82, 2.24) is 15.3 Å². The van der Waals surface area contributed by atoms with Gasteiger partial charge in [-0.1, -0.05) is 45.7 Å². The second-order valence-corrected chi connectivity index (χ2v) is 7.84. The summed E-state index contributed by atoms with van der Waals surface area (Å²) in [5.74, 6) is 0.237. The SMILES string of the molecule is C/C(C(=O)NC1(C)CCCC1(C)C)=C(Cl)\C=C(/C=O)Nc1ccncn1.CC. The number of allylic oxidation sites excluding steroid dienone is 3. The standard InChI is InChI=1S/C19H25ClN4O2.C2H6/c1-13(17(26)24-19(4)8-5-7-18(19,2)3)15(20)10-14(11-25)23-16-6-9-21-12-22-16;1-2/h6,9-12H,5,7-8H2,1-4H3,(H,24,26)(H,21,22,23);1-2H3/b14-10+,15-13-;. The first-order valence-corrected chi connectivity index (χ1v) is 9.95. The number of halogens is 1. The van der Waals surface area contributed by atoms with Gasteiger partial charge in [-0.05, 0) is 44.2 Å². The molecule has 0 bridgehead atoms. The zero-order valence-corrected chi connectivity index (χ0v) is 18.4. The van der Waals surface area contributed by atoms with Crippen LogP contribution in [-0.4, -0.2) is 27.7 Å². The molecule has 1 amide bonds. The first kappa shape index (κ1) is 23.8. The first-order chi connectivity index (χ1) is 13.2. The number of nitrogens with zero attached hydrogens (tertiary/aromatic N) is 2. The van der Waals surface area contributed by atoms with E-state index in [1.807, 2.05) is 13.8 Å². The van der Waals surface area contributed by atoms with Crippen molar-refractivity contribution in [3.05, 3.63) is 41.0 Å². The summed E-state index contributed by atoms with van der Waals surface area (Å²) in [6.45, 7) is 12.0. The molecule has 1 aliphatic carbocycles. The second-order valence-electron chi connectivity index (χ2n) is 7.43. The van der Waals surface area contributed by atoms with Crippen LogP contribution in [0.15, 0.2) is 41.0 Å². The lowest BCUT2D eigenvalue weighted by atomic mass is 9.76. The van der Waals surface area contributed by atoms with Crippen LogP contribution in [0.4, 0.5) is 5.82 Å². The van der Waals surface area contributed by atoms with Crippen LogP contribution in [0.5, 0.6) is 0 Å². The molecule has 1 aromatic rings. The predicted molar refractivity (Wildman–Crippen MR) is 114 cm³/mol. The summed E-state index contributed by atoms with van der Waals surface area (Å²) in [6.07, 6.45) is 8.05. The number of hydrogen-bond donors (Lipinski definition) is 2. The predicted octanol–water partition coefficient (Wildman–Crippen LogP) is 4.60. The molecule has 2 N–H and O–H groups in total. The molecule has 2 rings (SSSR count). The van der Waals surface area contributed by atoms with Crippen LogP contribution in [-0.2, 0) is 9.59 Å². The highest BCUT2D eigenvalue weighted by Crippen LogP contribution is 2.45. The minimum absolute atomic E-state index is 0.0216. The molecule has 6 nitrogen and oxygen atoms in total. The smallest absolute Gasteiger partial charge is 0.248 e. The van der Waals surface area contributed by atoms with Crippen LogP contribution in [0.25, 0.3) is 0 Å². The van der Waals surface area contributed by atoms with Crippen molar-refractivity contribution in [1.29, 1.82) is 0 Å². The van der Waals surface area contributed by atoms with Gasteiger partial charge in [0.25, 0.3) is 0 Å². The summed E-state index contributed by atoms with van der Waals surface area (Å²) in [7, 11) is 0. The third-order valence-electron chi connectivity index (χ3n) is 5.32. The summed E-state index contributed by atoms with van der Waals surface area (Å²) in [6, 6.07) is 1.62. The molecular formula is C21H31ClN4O2. The Morgan fingerprint density at radius 1 is 1.25 bits per heavy atom. The normalized spacial score (nSPS) is 21.8. The monoisotopic (exact) mass is 406 g/mol. The highest BCUT2D eigenvalue weighted by atomic mass is 35.5. The first-order valence-electron chi connectivity index (χ1n) is 9.57. The highest BCUT2D eigenvalue weighted by Gasteiger charge is 2.46. The Bertz CT molecular complexity index is 744. The van der Waals surface area contributed by atoms with Gasteiger partial charge in [-0.2, -0.15) is 0 Å². The molecule has 0 aromatic carbocycles. The Balaban J connectivity index is 0.00000190. The van der Waals surface area contributed by atoms with Gasteiger partial charge in [0.2, 0.25) is 5.91 Å². The van der Waals surface area contributed by atoms with Gasteiger partial charge < -0.3 is 10.6 Å². The molecule has 1 heterocycles. The Hall–Kier alpha value is -2.21. The maximum absolute atomic E-state index is 12.6. The van der Waals surface area contributed by atoms with Gasteiger partial charge >= 0.3 is 0 Å². The van der Waals surface area contributed by atoms with Gasteiger partial charge in [-0.15, -0.1) is 0 Å². The van der Waals surface area contributed by atoms with E-state index >= 15 is 0 Å². The Morgan fingerprint density at radius 3 is 2.43 bits per heavy atom. The average Bonchev–Trinajstić information content (AvgIpc) is 2.94. The van der Waals surface area contributed by atoms with Crippen molar-refractivity contribution in [2.24, 2.45) is 5.41 Å². The van der Waals surface area contributed by atoms with Crippen LogP contribution >= 0.6 is 11.6 Å². The molecule has 1 aromatic heterocycles. The highest BCUT2D eigenvalue weighted by molar-refractivity contribution is 6.33. The molecule has 154 valence electrons. The lowest BCUT2D eigenvalue weighted by Crippen LogP contribution is -2.53. The van der Waals surface area contributed by atoms with Gasteiger partial charge in [-0.3, -0.25) is 9.59 Å². The topological polar surface area (TPSA) is 84.0 Å². The molecular weight excluding hydrogens is 376 g/mol. The van der Waals surface area contributed by atoms with E-state index in [-0.39, 0.29) is 27.6 Å². The number of hydrogen-bond acceptors (Lipinski definition) is 5. The van der Waals surface area contributed by atoms with Gasteiger partial charge in [0.15, 0.2) is 6.29 Å². The minimum atomic E-state index is -0.279. The number of aromatic nitrogens is 2. The van der Waals surface area contributed by atoms with E-state index < -0.39 is 0 Å². The van der Waals surface area contributed by atoms with Crippen molar-refractivity contribution < 1.29 is 9.59 Å². The van der Waals surface area contributed by atoms with Crippen molar-refractivity contribution in [3.8, 4) is 0 Å². The third-order valence-corrected chi connectivity index (χ3v) is 5.72. The number of nitrogens with one attached hydrogen (secondary N) is 2. The Labute approximate surface area is 172 Å². The van der Waals surface area contributed by atoms with Crippen molar-refractivity contribution in [2.75, 3.05) is 5.32 Å². The van der Waals surface area contributed by atoms with Crippen LogP contribution in [0.3, 0.4) is 0 Å². The summed E-state index contributed by atoms with van der Waals surface area (Å²) >= 11 is 6.28. The van der Waals surface area contributed by atoms with Crippen molar-refractivity contribution >= 4 is 29.6 Å². The van der Waals surface area contributed by atoms with Crippen LogP contribution < -0.4 is 10.6 Å². The Morgan fingerprint density at radius 2 is 1.93 bits per heavy atom. The number of carbonyl (C=O) groups excluding carboxylic acids is 2. The minimum Gasteiger partial charge on any atom is -0.347 e. The van der Waals surface area contributed by atoms with Crippen molar-refractivity contribution in [2.45, 2.75) is 66.3 Å². The van der Waals surface area contributed by atoms with Gasteiger partial charge in [0.05, 0.1) is 10.7 Å². The zero-order valence-electron chi connectivity index (χ0n) is 17.6. The van der Waals surface area contributed by atoms with E-state index in [4.69, 9.17) is 11.6 Å². The van der Waals surface area contributed by atoms with Gasteiger partial charge in [0.1, 0.15) is 12.1 Å². The quantitative estimate of drug-likeness (QED) is 0.410. The van der Waals surface area contributed by atoms with E-state index in [1.54, 1.807) is 19.2 Å². The van der Waals surface area contributed by atoms with Gasteiger partial charge in [-0.25, -0.2) is 9.97 Å². The maximum Gasteiger partial charge on any atom is 0.248 e. The van der Waals surface area contributed by atoms with E-state index in [9.17, 15) is 9.59 Å². The summed E-state index contributed by atoms with van der Waals surface area (Å²) < 4.78 is 0. The number of aldehydes is 1. The molecule has 0 spiro atoms. The average molecular weight is 407 g/mol. The Kier molecular flexibility index (Phi) is 8.82. The fraction of sp³-hybridized carbons (Fsp3) is 0.524. The molecule has 0 aliphatic heterocycles. The van der Waals surface area contributed by atoms with Crippen LogP contribution in [0.1, 0.15) is 60.8 Å². The maximum atomic E-state index is 12.6. The van der Waals surface area contributed by atoms with E-state index in [2.05, 4.69) is 41.4 Å². The molecule has 0 radical (unpaired) electrons. The molecule has 7 heteroatoms. The van der Waals surface area contributed by atoms with Gasteiger partial charge in [0, 0.05) is 17.3 Å². The largest absolute Gasteiger partial charge is 0.347 e. The van der Waals surface area contributed by atoms with Crippen LogP contribution in [0.2, 0.25) is 0 Å². The summed E-state index contributed by atoms with van der Waals surface area (Å²) in [5, 5.41) is 6.17. The van der Waals surface area contributed by atoms with Crippen molar-refractivity contribution in [3.63, 3.8) is 0 Å². The van der Waals surface area contributed by atoms with E-state index in [0.717, 1.165) is 19.3 Å². The van der Waals surface area contributed by atoms with E-state index in [0.29, 0.717) is 17.7 Å².